The Morgan fingerprint density at radius 1 is 0.437 bits per heavy atom. The fourth-order valence-corrected chi connectivity index (χ4v) is 24.3. The molecule has 0 amide bonds. The molecular formula is C60H76O7S2Si2. The third kappa shape index (κ3) is 12.0. The zero-order valence-electron chi connectivity index (χ0n) is 44.1. The van der Waals surface area contributed by atoms with Crippen molar-refractivity contribution in [3.8, 4) is 34.5 Å². The first-order chi connectivity index (χ1) is 34.0. The molecule has 1 N–H and O–H groups in total. The Bertz CT molecular complexity index is 2560. The molecule has 0 bridgehead atoms. The second kappa shape index (κ2) is 23.8. The van der Waals surface area contributed by atoms with Crippen LogP contribution in [-0.4, -0.2) is 35.6 Å². The minimum atomic E-state index is -2.00. The normalized spacial score (nSPS) is 17.8. The molecule has 4 atom stereocenters. The number of thioether (sulfide) groups is 2. The van der Waals surface area contributed by atoms with Crippen molar-refractivity contribution >= 4 is 40.2 Å². The van der Waals surface area contributed by atoms with Crippen molar-refractivity contribution in [1.29, 1.82) is 0 Å². The summed E-state index contributed by atoms with van der Waals surface area (Å²) in [5, 5.41) is 9.98. The summed E-state index contributed by atoms with van der Waals surface area (Å²) in [5.74, 6) is 4.82. The molecule has 2 heterocycles. The predicted octanol–water partition coefficient (Wildman–Crippen LogP) is 18.1. The van der Waals surface area contributed by atoms with Crippen LogP contribution in [0.2, 0.25) is 33.2 Å². The van der Waals surface area contributed by atoms with Crippen molar-refractivity contribution in [3.63, 3.8) is 0 Å². The van der Waals surface area contributed by atoms with Gasteiger partial charge in [0.1, 0.15) is 46.7 Å². The van der Waals surface area contributed by atoms with Crippen LogP contribution in [0.15, 0.2) is 155 Å². The van der Waals surface area contributed by atoms with E-state index in [-0.39, 0.29) is 35.3 Å². The van der Waals surface area contributed by atoms with Gasteiger partial charge in [-0.15, -0.1) is 23.5 Å². The van der Waals surface area contributed by atoms with E-state index in [0.717, 1.165) is 49.7 Å². The first kappa shape index (κ1) is 54.0. The molecule has 0 aliphatic carbocycles. The van der Waals surface area contributed by atoms with Gasteiger partial charge in [-0.3, -0.25) is 0 Å². The fraction of sp³-hybridized carbons (Fsp3) is 0.400. The Morgan fingerprint density at radius 2 is 0.761 bits per heavy atom. The third-order valence-electron chi connectivity index (χ3n) is 14.5. The van der Waals surface area contributed by atoms with Crippen molar-refractivity contribution in [2.24, 2.45) is 0 Å². The number of benzene rings is 6. The SMILES string of the molecule is CC(C)[Si](Oc1ccc([C@@H]2Sc3ccccc3O[C@@H]2c2ccc(O)cc2)cc1)(C(C)C)C(C)C.COCOc1ccc([C@H]2Oc3ccccc3S[C@H]2c2ccc(O[Si](C(C)C)(C(C)C)C(C)C)cc2)cc1. The van der Waals surface area contributed by atoms with Gasteiger partial charge in [0.2, 0.25) is 0 Å². The zero-order valence-corrected chi connectivity index (χ0v) is 47.7. The number of phenols is 1. The number of fused-ring (bicyclic) bond motifs is 2. The number of phenolic OH excluding ortho intramolecular Hbond substituents is 1. The number of hydrogen-bond donors (Lipinski definition) is 1. The number of aromatic hydroxyl groups is 1. The van der Waals surface area contributed by atoms with Crippen LogP contribution in [0.1, 0.15) is 128 Å². The van der Waals surface area contributed by atoms with Crippen LogP contribution in [0, 0.1) is 0 Å². The lowest BCUT2D eigenvalue weighted by Crippen LogP contribution is -2.50. The van der Waals surface area contributed by atoms with Crippen LogP contribution in [0.25, 0.3) is 0 Å². The molecule has 0 aromatic heterocycles. The fourth-order valence-electron chi connectivity index (χ4n) is 11.2. The van der Waals surface area contributed by atoms with E-state index in [2.05, 4.69) is 168 Å². The molecule has 6 aromatic rings. The molecule has 7 nitrogen and oxygen atoms in total. The van der Waals surface area contributed by atoms with Gasteiger partial charge >= 0.3 is 0 Å². The van der Waals surface area contributed by atoms with Gasteiger partial charge in [-0.05, 0) is 128 Å². The lowest BCUT2D eigenvalue weighted by atomic mass is 10.00. The molecular weight excluding hydrogens is 953 g/mol. The van der Waals surface area contributed by atoms with E-state index in [4.69, 9.17) is 27.8 Å². The standard InChI is InChI=1S/C31H40O4SSi.C29H36O3SSi/c1-21(2)37(22(3)4,23(5)6)35-27-18-14-25(15-19-27)31-30(34-28-10-8-9-11-29(28)36-31)24-12-16-26(17-13-24)33-20-32-7;1-19(2)34(20(3)4,21(5)6)32-25-17-13-23(14-18-25)29-28(22-11-15-24(30)16-12-22)31-26-9-7-8-10-27(26)33-29/h8-19,21-23,30-31H,20H2,1-7H3;7-21,28-30H,1-6H3/t30-,31+;28-,29+/m11/s1. The Balaban J connectivity index is 0.000000209. The topological polar surface area (TPSA) is 75.6 Å². The van der Waals surface area contributed by atoms with Crippen LogP contribution < -0.4 is 23.1 Å². The minimum Gasteiger partial charge on any atom is -0.543 e. The summed E-state index contributed by atoms with van der Waals surface area (Å²) in [5.41, 5.74) is 7.79. The summed E-state index contributed by atoms with van der Waals surface area (Å²) in [6.45, 7) is 28.1. The molecule has 0 radical (unpaired) electrons. The summed E-state index contributed by atoms with van der Waals surface area (Å²) >= 11 is 3.69. The first-order valence-corrected chi connectivity index (χ1v) is 31.5. The molecule has 2 aliphatic rings. The second-order valence-corrected chi connectivity index (χ2v) is 33.9. The highest BCUT2D eigenvalue weighted by Gasteiger charge is 2.48. The Kier molecular flexibility index (Phi) is 18.1. The Labute approximate surface area is 435 Å². The van der Waals surface area contributed by atoms with Crippen LogP contribution >= 0.6 is 23.5 Å². The van der Waals surface area contributed by atoms with Gasteiger partial charge in [0, 0.05) is 7.11 Å². The summed E-state index contributed by atoms with van der Waals surface area (Å²) in [7, 11) is -2.38. The molecule has 6 aromatic carbocycles. The molecule has 0 saturated heterocycles. The van der Waals surface area contributed by atoms with Crippen molar-refractivity contribution in [2.75, 3.05) is 13.9 Å². The van der Waals surface area contributed by atoms with Crippen LogP contribution in [-0.2, 0) is 4.74 Å². The maximum atomic E-state index is 9.78. The molecule has 8 rings (SSSR count). The van der Waals surface area contributed by atoms with Crippen LogP contribution in [0.5, 0.6) is 34.5 Å². The number of hydrogen-bond acceptors (Lipinski definition) is 9. The molecule has 378 valence electrons. The van der Waals surface area contributed by atoms with Gasteiger partial charge in [0.25, 0.3) is 16.6 Å². The lowest BCUT2D eigenvalue weighted by Gasteiger charge is -2.42. The predicted molar refractivity (Wildman–Crippen MR) is 300 cm³/mol. The molecule has 71 heavy (non-hydrogen) atoms. The van der Waals surface area contributed by atoms with E-state index in [0.29, 0.717) is 33.2 Å². The van der Waals surface area contributed by atoms with E-state index in [9.17, 15) is 5.11 Å². The summed E-state index contributed by atoms with van der Waals surface area (Å²) in [4.78, 5) is 2.31. The van der Waals surface area contributed by atoms with Crippen molar-refractivity contribution in [1.82, 2.24) is 0 Å². The highest BCUT2D eigenvalue weighted by Crippen LogP contribution is 2.55. The summed E-state index contributed by atoms with van der Waals surface area (Å²) in [6.07, 6.45) is -0.277. The van der Waals surface area contributed by atoms with Gasteiger partial charge in [-0.25, -0.2) is 0 Å². The van der Waals surface area contributed by atoms with E-state index in [1.807, 2.05) is 72.1 Å². The highest BCUT2D eigenvalue weighted by molar-refractivity contribution is 8.00. The van der Waals surface area contributed by atoms with Crippen molar-refractivity contribution < 1.29 is 32.9 Å². The largest absolute Gasteiger partial charge is 0.543 e. The monoisotopic (exact) mass is 1030 g/mol. The maximum Gasteiger partial charge on any atom is 0.258 e. The zero-order chi connectivity index (χ0) is 51.0. The Morgan fingerprint density at radius 3 is 1.11 bits per heavy atom. The van der Waals surface area contributed by atoms with Gasteiger partial charge in [0.05, 0.1) is 20.3 Å². The molecule has 0 spiro atoms. The van der Waals surface area contributed by atoms with Crippen LogP contribution in [0.3, 0.4) is 0 Å². The van der Waals surface area contributed by atoms with E-state index in [1.54, 1.807) is 19.2 Å². The maximum absolute atomic E-state index is 9.78. The van der Waals surface area contributed by atoms with Crippen LogP contribution in [0.4, 0.5) is 0 Å². The smallest absolute Gasteiger partial charge is 0.258 e. The van der Waals surface area contributed by atoms with Gasteiger partial charge < -0.3 is 32.9 Å². The first-order valence-electron chi connectivity index (χ1n) is 25.4. The second-order valence-electron chi connectivity index (χ2n) is 20.7. The summed E-state index contributed by atoms with van der Waals surface area (Å²) in [6, 6.07) is 49.4. The third-order valence-corrected chi connectivity index (χ3v) is 29.2. The van der Waals surface area contributed by atoms with Gasteiger partial charge in [-0.2, -0.15) is 0 Å². The van der Waals surface area contributed by atoms with Crippen molar-refractivity contribution in [3.05, 3.63) is 168 Å². The molecule has 2 aliphatic heterocycles. The van der Waals surface area contributed by atoms with E-state index >= 15 is 0 Å². The molecule has 0 fully saturated rings. The lowest BCUT2D eigenvalue weighted by molar-refractivity contribution is 0.0511. The molecule has 11 heteroatoms. The number of methoxy groups -OCH3 is 1. The number of rotatable bonds is 17. The summed E-state index contributed by atoms with van der Waals surface area (Å²) < 4.78 is 37.5. The average Bonchev–Trinajstić information content (AvgIpc) is 3.36. The van der Waals surface area contributed by atoms with Gasteiger partial charge in [0.15, 0.2) is 6.79 Å². The number of para-hydroxylation sites is 2. The van der Waals surface area contributed by atoms with E-state index in [1.165, 1.54) is 11.1 Å². The highest BCUT2D eigenvalue weighted by atomic mass is 32.2. The van der Waals surface area contributed by atoms with E-state index < -0.39 is 16.6 Å². The number of ether oxygens (including phenoxy) is 4. The van der Waals surface area contributed by atoms with Crippen molar-refractivity contribution in [2.45, 2.75) is 149 Å². The average molecular weight is 1030 g/mol. The minimum absolute atomic E-state index is 0.0933. The quantitative estimate of drug-likeness (QED) is 0.0710. The van der Waals surface area contributed by atoms with Gasteiger partial charge in [-0.1, -0.05) is 156 Å². The molecule has 0 unspecified atom stereocenters. The Hall–Kier alpha value is -4.79. The molecule has 0 saturated carbocycles.